The fourth-order valence-electron chi connectivity index (χ4n) is 2.27. The summed E-state index contributed by atoms with van der Waals surface area (Å²) in [6, 6.07) is 5.90. The van der Waals surface area contributed by atoms with Crippen molar-refractivity contribution in [2.75, 3.05) is 0 Å². The summed E-state index contributed by atoms with van der Waals surface area (Å²) in [4.78, 5) is 4.46. The number of hydrogen-bond acceptors (Lipinski definition) is 4. The van der Waals surface area contributed by atoms with Gasteiger partial charge in [-0.15, -0.1) is 0 Å². The van der Waals surface area contributed by atoms with Crippen LogP contribution in [0.4, 0.5) is 0 Å². The largest absolute Gasteiger partial charge is 0.494 e. The molecule has 0 N–H and O–H groups in total. The quantitative estimate of drug-likeness (QED) is 0.789. The van der Waals surface area contributed by atoms with Gasteiger partial charge in [0.2, 0.25) is 0 Å². The molecule has 0 aliphatic carbocycles. The second-order valence-corrected chi connectivity index (χ2v) is 6.28. The molecule has 4 nitrogen and oxygen atoms in total. The van der Waals surface area contributed by atoms with Gasteiger partial charge < -0.3 is 13.7 Å². The van der Waals surface area contributed by atoms with Crippen molar-refractivity contribution >= 4 is 23.7 Å². The lowest BCUT2D eigenvalue weighted by atomic mass is 9.79. The number of aryl methyl sites for hydroxylation is 1. The third kappa shape index (κ3) is 2.05. The summed E-state index contributed by atoms with van der Waals surface area (Å²) in [6.07, 6.45) is 0.792. The van der Waals surface area contributed by atoms with E-state index in [1.807, 2.05) is 25.1 Å². The zero-order valence-corrected chi connectivity index (χ0v) is 12.7. The van der Waals surface area contributed by atoms with Gasteiger partial charge in [0, 0.05) is 6.42 Å². The molecular formula is C15H20BNO3. The topological polar surface area (TPSA) is 44.5 Å². The van der Waals surface area contributed by atoms with Gasteiger partial charge in [-0.1, -0.05) is 13.0 Å². The number of aromatic nitrogens is 1. The van der Waals surface area contributed by atoms with E-state index in [9.17, 15) is 0 Å². The lowest BCUT2D eigenvalue weighted by Gasteiger charge is -2.32. The SMILES string of the molecule is CCc1nc2cc(B3OC(C)(C)C(C)(C)O3)ccc2o1. The van der Waals surface area contributed by atoms with E-state index in [-0.39, 0.29) is 18.3 Å². The van der Waals surface area contributed by atoms with Crippen LogP contribution in [0.5, 0.6) is 0 Å². The molecule has 106 valence electrons. The Bertz CT molecular complexity index is 632. The maximum absolute atomic E-state index is 6.05. The van der Waals surface area contributed by atoms with Crippen LogP contribution in [0.25, 0.3) is 11.1 Å². The van der Waals surface area contributed by atoms with E-state index >= 15 is 0 Å². The molecular weight excluding hydrogens is 253 g/mol. The Morgan fingerprint density at radius 1 is 1.10 bits per heavy atom. The molecule has 0 radical (unpaired) electrons. The summed E-state index contributed by atoms with van der Waals surface area (Å²) in [5.74, 6) is 0.756. The van der Waals surface area contributed by atoms with Crippen molar-refractivity contribution in [3.63, 3.8) is 0 Å². The molecule has 0 spiro atoms. The lowest BCUT2D eigenvalue weighted by molar-refractivity contribution is 0.00578. The third-order valence-corrected chi connectivity index (χ3v) is 4.28. The predicted molar refractivity (Wildman–Crippen MR) is 79.1 cm³/mol. The van der Waals surface area contributed by atoms with E-state index in [2.05, 4.69) is 32.7 Å². The summed E-state index contributed by atoms with van der Waals surface area (Å²) < 4.78 is 17.7. The second kappa shape index (κ2) is 4.33. The smallest absolute Gasteiger partial charge is 0.441 e. The zero-order valence-electron chi connectivity index (χ0n) is 12.7. The molecule has 0 unspecified atom stereocenters. The molecule has 1 aliphatic heterocycles. The lowest BCUT2D eigenvalue weighted by Crippen LogP contribution is -2.41. The molecule has 1 aromatic carbocycles. The monoisotopic (exact) mass is 273 g/mol. The first kappa shape index (κ1) is 13.6. The molecule has 0 atom stereocenters. The van der Waals surface area contributed by atoms with E-state index in [1.54, 1.807) is 0 Å². The van der Waals surface area contributed by atoms with Crippen LogP contribution in [0.3, 0.4) is 0 Å². The van der Waals surface area contributed by atoms with E-state index in [4.69, 9.17) is 13.7 Å². The summed E-state index contributed by atoms with van der Waals surface area (Å²) >= 11 is 0. The molecule has 2 heterocycles. The van der Waals surface area contributed by atoms with Gasteiger partial charge in [-0.05, 0) is 45.3 Å². The summed E-state index contributed by atoms with van der Waals surface area (Å²) in [7, 11) is -0.355. The first-order chi connectivity index (χ1) is 9.32. The second-order valence-electron chi connectivity index (χ2n) is 6.28. The van der Waals surface area contributed by atoms with Crippen molar-refractivity contribution in [3.05, 3.63) is 24.1 Å². The molecule has 0 amide bonds. The maximum atomic E-state index is 6.05. The highest BCUT2D eigenvalue weighted by Gasteiger charge is 2.51. The van der Waals surface area contributed by atoms with Gasteiger partial charge in [-0.2, -0.15) is 0 Å². The molecule has 5 heteroatoms. The highest BCUT2D eigenvalue weighted by atomic mass is 16.7. The Balaban J connectivity index is 1.95. The molecule has 0 saturated carbocycles. The normalized spacial score (nSPS) is 20.8. The zero-order chi connectivity index (χ0) is 14.5. The summed E-state index contributed by atoms with van der Waals surface area (Å²) in [5.41, 5.74) is 1.99. The molecule has 1 aromatic heterocycles. The average Bonchev–Trinajstić information content (AvgIpc) is 2.87. The Morgan fingerprint density at radius 2 is 1.75 bits per heavy atom. The molecule has 3 rings (SSSR count). The highest BCUT2D eigenvalue weighted by Crippen LogP contribution is 2.36. The predicted octanol–water partition coefficient (Wildman–Crippen LogP) is 2.69. The Morgan fingerprint density at radius 3 is 2.35 bits per heavy atom. The van der Waals surface area contributed by atoms with Crippen LogP contribution in [0.2, 0.25) is 0 Å². The van der Waals surface area contributed by atoms with Gasteiger partial charge in [-0.25, -0.2) is 4.98 Å². The van der Waals surface area contributed by atoms with Crippen molar-refractivity contribution in [3.8, 4) is 0 Å². The molecule has 1 aliphatic rings. The van der Waals surface area contributed by atoms with Gasteiger partial charge in [0.25, 0.3) is 0 Å². The van der Waals surface area contributed by atoms with Gasteiger partial charge in [0.05, 0.1) is 11.2 Å². The molecule has 1 fully saturated rings. The fraction of sp³-hybridized carbons (Fsp3) is 0.533. The van der Waals surface area contributed by atoms with Crippen molar-refractivity contribution < 1.29 is 13.7 Å². The number of oxazole rings is 1. The van der Waals surface area contributed by atoms with Crippen molar-refractivity contribution in [1.82, 2.24) is 4.98 Å². The van der Waals surface area contributed by atoms with Gasteiger partial charge >= 0.3 is 7.12 Å². The number of hydrogen-bond donors (Lipinski definition) is 0. The molecule has 1 saturated heterocycles. The van der Waals surface area contributed by atoms with E-state index in [1.165, 1.54) is 0 Å². The number of rotatable bonds is 2. The fourth-order valence-corrected chi connectivity index (χ4v) is 2.27. The van der Waals surface area contributed by atoms with Crippen LogP contribution in [0.15, 0.2) is 22.6 Å². The standard InChI is InChI=1S/C15H20BNO3/c1-6-13-17-11-9-10(7-8-12(11)18-13)16-19-14(2,3)15(4,5)20-16/h7-9H,6H2,1-5H3. The maximum Gasteiger partial charge on any atom is 0.494 e. The third-order valence-electron chi connectivity index (χ3n) is 4.28. The van der Waals surface area contributed by atoms with Crippen molar-refractivity contribution in [2.45, 2.75) is 52.2 Å². The number of nitrogens with zero attached hydrogens (tertiary/aromatic N) is 1. The van der Waals surface area contributed by atoms with Crippen LogP contribution in [0.1, 0.15) is 40.5 Å². The molecule has 2 aromatic rings. The minimum absolute atomic E-state index is 0.328. The van der Waals surface area contributed by atoms with Crippen molar-refractivity contribution in [2.24, 2.45) is 0 Å². The van der Waals surface area contributed by atoms with Crippen LogP contribution in [-0.2, 0) is 15.7 Å². The Labute approximate surface area is 119 Å². The minimum Gasteiger partial charge on any atom is -0.441 e. The van der Waals surface area contributed by atoms with Gasteiger partial charge in [0.15, 0.2) is 11.5 Å². The van der Waals surface area contributed by atoms with Crippen LogP contribution < -0.4 is 5.46 Å². The van der Waals surface area contributed by atoms with Crippen LogP contribution in [-0.4, -0.2) is 23.3 Å². The van der Waals surface area contributed by atoms with Gasteiger partial charge in [-0.3, -0.25) is 0 Å². The summed E-state index contributed by atoms with van der Waals surface area (Å²) in [5, 5.41) is 0. The first-order valence-corrected chi connectivity index (χ1v) is 7.07. The summed E-state index contributed by atoms with van der Waals surface area (Å²) in [6.45, 7) is 10.2. The Hall–Kier alpha value is -1.33. The van der Waals surface area contributed by atoms with Crippen molar-refractivity contribution in [1.29, 1.82) is 0 Å². The highest BCUT2D eigenvalue weighted by molar-refractivity contribution is 6.62. The van der Waals surface area contributed by atoms with Crippen LogP contribution >= 0.6 is 0 Å². The van der Waals surface area contributed by atoms with E-state index < -0.39 is 0 Å². The molecule has 20 heavy (non-hydrogen) atoms. The minimum atomic E-state index is -0.355. The first-order valence-electron chi connectivity index (χ1n) is 7.07. The number of benzene rings is 1. The molecule has 0 bridgehead atoms. The van der Waals surface area contributed by atoms with E-state index in [0.29, 0.717) is 0 Å². The Kier molecular flexibility index (Phi) is 2.96. The number of fused-ring (bicyclic) bond motifs is 1. The van der Waals surface area contributed by atoms with E-state index in [0.717, 1.165) is 28.9 Å². The van der Waals surface area contributed by atoms with Crippen LogP contribution in [0, 0.1) is 0 Å². The average molecular weight is 273 g/mol. The van der Waals surface area contributed by atoms with Gasteiger partial charge in [0.1, 0.15) is 5.52 Å².